The number of aliphatic hydroxyl groups excluding tert-OH is 2. The molecule has 0 aliphatic heterocycles. The highest BCUT2D eigenvalue weighted by Crippen LogP contribution is 2.74. The highest BCUT2D eigenvalue weighted by molar-refractivity contribution is 9.10. The van der Waals surface area contributed by atoms with Gasteiger partial charge in [0, 0.05) is 0 Å². The summed E-state index contributed by atoms with van der Waals surface area (Å²) in [5.41, 5.74) is 0.706. The molecule has 1 aromatic rings. The minimum atomic E-state index is -1.09. The average Bonchev–Trinajstić information content (AvgIpc) is 3.33. The number of rotatable bonds is 6. The van der Waals surface area contributed by atoms with Crippen LogP contribution in [0, 0.1) is 29.1 Å². The fourth-order valence-corrected chi connectivity index (χ4v) is 5.56. The van der Waals surface area contributed by atoms with Gasteiger partial charge in [0.05, 0.1) is 30.3 Å². The van der Waals surface area contributed by atoms with E-state index in [0.717, 1.165) is 25.7 Å². The summed E-state index contributed by atoms with van der Waals surface area (Å²) in [5.74, 6) is -1.14. The Balaban J connectivity index is 1.52. The van der Waals surface area contributed by atoms with Crippen molar-refractivity contribution >= 4 is 33.5 Å². The van der Waals surface area contributed by atoms with Crippen molar-refractivity contribution in [2.75, 3.05) is 18.5 Å². The molecule has 3 aliphatic carbocycles. The van der Waals surface area contributed by atoms with Gasteiger partial charge in [0.25, 0.3) is 0 Å². The minimum absolute atomic E-state index is 0.110. The SMILES string of the molecule is O=C(OC[C@@H](O)CO)[C@H]1[C@H](C(=O)Nc2ccc(Br)nc2)[C@@H]2CC[C@H]1C21CC1. The van der Waals surface area contributed by atoms with Crippen molar-refractivity contribution in [1.82, 2.24) is 4.98 Å². The molecule has 7 nitrogen and oxygen atoms in total. The Labute approximate surface area is 165 Å². The van der Waals surface area contributed by atoms with E-state index < -0.39 is 30.5 Å². The predicted octanol–water partition coefficient (Wildman–Crippen LogP) is 1.73. The number of pyridine rings is 1. The summed E-state index contributed by atoms with van der Waals surface area (Å²) in [6, 6.07) is 3.51. The Morgan fingerprint density at radius 1 is 1.30 bits per heavy atom. The first kappa shape index (κ1) is 18.8. The second-order valence-corrected chi connectivity index (χ2v) is 8.71. The monoisotopic (exact) mass is 438 g/mol. The van der Waals surface area contributed by atoms with Crippen LogP contribution in [0.5, 0.6) is 0 Å². The van der Waals surface area contributed by atoms with Crippen molar-refractivity contribution in [2.45, 2.75) is 31.8 Å². The molecule has 0 radical (unpaired) electrons. The zero-order chi connectivity index (χ0) is 19.2. The van der Waals surface area contributed by atoms with Crippen molar-refractivity contribution in [1.29, 1.82) is 0 Å². The summed E-state index contributed by atoms with van der Waals surface area (Å²) in [7, 11) is 0. The Hall–Kier alpha value is -1.51. The number of halogens is 1. The van der Waals surface area contributed by atoms with Gasteiger partial charge in [-0.2, -0.15) is 0 Å². The number of esters is 1. The Kier molecular flexibility index (Phi) is 4.98. The topological polar surface area (TPSA) is 109 Å². The maximum absolute atomic E-state index is 13.1. The number of carbonyl (C=O) groups excluding carboxylic acids is 2. The van der Waals surface area contributed by atoms with Crippen molar-refractivity contribution in [3.8, 4) is 0 Å². The molecule has 0 saturated heterocycles. The summed E-state index contributed by atoms with van der Waals surface area (Å²) in [5, 5.41) is 21.3. The molecular weight excluding hydrogens is 416 g/mol. The molecular formula is C19H23BrN2O5. The van der Waals surface area contributed by atoms with E-state index in [2.05, 4.69) is 26.2 Å². The van der Waals surface area contributed by atoms with Crippen LogP contribution < -0.4 is 5.32 Å². The number of amides is 1. The third-order valence-corrected chi connectivity index (χ3v) is 7.01. The molecule has 1 spiro atoms. The van der Waals surface area contributed by atoms with E-state index in [4.69, 9.17) is 9.84 Å². The molecule has 0 unspecified atom stereocenters. The number of aliphatic hydroxyl groups is 2. The molecule has 1 heterocycles. The molecule has 3 aliphatic rings. The van der Waals surface area contributed by atoms with E-state index in [1.54, 1.807) is 18.3 Å². The number of carbonyl (C=O) groups is 2. The second kappa shape index (κ2) is 7.14. The first-order valence-electron chi connectivity index (χ1n) is 9.34. The molecule has 2 bridgehead atoms. The summed E-state index contributed by atoms with van der Waals surface area (Å²) in [6.45, 7) is -0.713. The number of hydrogen-bond acceptors (Lipinski definition) is 6. The molecule has 27 heavy (non-hydrogen) atoms. The minimum Gasteiger partial charge on any atom is -0.463 e. The van der Waals surface area contributed by atoms with Crippen LogP contribution in [0.2, 0.25) is 0 Å². The highest BCUT2D eigenvalue weighted by atomic mass is 79.9. The van der Waals surface area contributed by atoms with Crippen LogP contribution in [0.25, 0.3) is 0 Å². The van der Waals surface area contributed by atoms with E-state index in [1.165, 1.54) is 0 Å². The molecule has 4 rings (SSSR count). The van der Waals surface area contributed by atoms with E-state index >= 15 is 0 Å². The van der Waals surface area contributed by atoms with Crippen LogP contribution in [0.3, 0.4) is 0 Å². The largest absolute Gasteiger partial charge is 0.463 e. The van der Waals surface area contributed by atoms with E-state index in [-0.39, 0.29) is 29.8 Å². The molecule has 3 saturated carbocycles. The fraction of sp³-hybridized carbons (Fsp3) is 0.632. The number of hydrogen-bond donors (Lipinski definition) is 3. The standard InChI is InChI=1S/C19H23BrN2O5/c20-14-4-1-10(7-21-14)22-17(25)15-12-2-3-13(19(12)5-6-19)16(15)18(26)27-9-11(24)8-23/h1,4,7,11-13,15-16,23-24H,2-3,5-6,8-9H2,(H,22,25)/t11-,12-,13+,15+,16+/m0/s1. The molecule has 146 valence electrons. The lowest BCUT2D eigenvalue weighted by Gasteiger charge is -2.28. The molecule has 3 N–H and O–H groups in total. The molecule has 1 aromatic heterocycles. The van der Waals surface area contributed by atoms with Gasteiger partial charge in [0.15, 0.2) is 0 Å². The lowest BCUT2D eigenvalue weighted by molar-refractivity contribution is -0.158. The number of ether oxygens (including phenoxy) is 1. The third-order valence-electron chi connectivity index (χ3n) is 6.55. The van der Waals surface area contributed by atoms with Crippen LogP contribution in [0.1, 0.15) is 25.7 Å². The first-order chi connectivity index (χ1) is 13.0. The number of nitrogens with zero attached hydrogens (tertiary/aromatic N) is 1. The lowest BCUT2D eigenvalue weighted by Crippen LogP contribution is -2.39. The van der Waals surface area contributed by atoms with E-state index in [0.29, 0.717) is 10.3 Å². The van der Waals surface area contributed by atoms with Gasteiger partial charge >= 0.3 is 5.97 Å². The third kappa shape index (κ3) is 3.28. The molecule has 3 fully saturated rings. The molecule has 0 aromatic carbocycles. The second-order valence-electron chi connectivity index (χ2n) is 7.90. The van der Waals surface area contributed by atoms with E-state index in [1.807, 2.05) is 0 Å². The van der Waals surface area contributed by atoms with Crippen molar-refractivity contribution < 1.29 is 24.5 Å². The van der Waals surface area contributed by atoms with Gasteiger partial charge in [-0.15, -0.1) is 0 Å². The summed E-state index contributed by atoms with van der Waals surface area (Å²) >= 11 is 3.27. The molecule has 8 heteroatoms. The summed E-state index contributed by atoms with van der Waals surface area (Å²) < 4.78 is 5.93. The zero-order valence-corrected chi connectivity index (χ0v) is 16.4. The zero-order valence-electron chi connectivity index (χ0n) is 14.8. The van der Waals surface area contributed by atoms with Crippen LogP contribution in [0.15, 0.2) is 22.9 Å². The van der Waals surface area contributed by atoms with Gasteiger partial charge in [-0.1, -0.05) is 0 Å². The first-order valence-corrected chi connectivity index (χ1v) is 10.1. The van der Waals surface area contributed by atoms with Crippen LogP contribution >= 0.6 is 15.9 Å². The molecule has 5 atom stereocenters. The number of nitrogens with one attached hydrogen (secondary N) is 1. The van der Waals surface area contributed by atoms with Gasteiger partial charge in [0.2, 0.25) is 5.91 Å². The number of aromatic nitrogens is 1. The van der Waals surface area contributed by atoms with Crippen molar-refractivity contribution in [2.24, 2.45) is 29.1 Å². The lowest BCUT2D eigenvalue weighted by atomic mass is 9.78. The van der Waals surface area contributed by atoms with Gasteiger partial charge in [-0.3, -0.25) is 9.59 Å². The summed E-state index contributed by atoms with van der Waals surface area (Å²) in [4.78, 5) is 30.0. The van der Waals surface area contributed by atoms with Gasteiger partial charge in [0.1, 0.15) is 17.3 Å². The quantitative estimate of drug-likeness (QED) is 0.460. The average molecular weight is 439 g/mol. The Morgan fingerprint density at radius 3 is 2.59 bits per heavy atom. The number of anilines is 1. The normalized spacial score (nSPS) is 30.9. The van der Waals surface area contributed by atoms with E-state index in [9.17, 15) is 14.7 Å². The fourth-order valence-electron chi connectivity index (χ4n) is 5.33. The maximum Gasteiger partial charge on any atom is 0.310 e. The van der Waals surface area contributed by atoms with Gasteiger partial charge in [-0.25, -0.2) is 4.98 Å². The maximum atomic E-state index is 13.1. The smallest absolute Gasteiger partial charge is 0.310 e. The summed E-state index contributed by atoms with van der Waals surface area (Å²) in [6.07, 6.45) is 4.52. The van der Waals surface area contributed by atoms with Gasteiger partial charge in [-0.05, 0) is 71.0 Å². The van der Waals surface area contributed by atoms with Crippen LogP contribution in [0.4, 0.5) is 5.69 Å². The Bertz CT molecular complexity index is 736. The highest BCUT2D eigenvalue weighted by Gasteiger charge is 2.72. The molecule has 1 amide bonds. The van der Waals surface area contributed by atoms with Crippen LogP contribution in [-0.2, 0) is 14.3 Å². The predicted molar refractivity (Wildman–Crippen MR) is 99.5 cm³/mol. The Morgan fingerprint density at radius 2 is 2.00 bits per heavy atom. The van der Waals surface area contributed by atoms with Crippen LogP contribution in [-0.4, -0.2) is 46.4 Å². The van der Waals surface area contributed by atoms with Gasteiger partial charge < -0.3 is 20.3 Å². The van der Waals surface area contributed by atoms with Crippen molar-refractivity contribution in [3.05, 3.63) is 22.9 Å². The van der Waals surface area contributed by atoms with Crippen molar-refractivity contribution in [3.63, 3.8) is 0 Å².